The Morgan fingerprint density at radius 1 is 1.26 bits per heavy atom. The molecule has 0 bridgehead atoms. The first-order chi connectivity index (χ1) is 8.75. The Bertz CT molecular complexity index is 483. The van der Waals surface area contributed by atoms with Gasteiger partial charge in [0.15, 0.2) is 5.11 Å². The van der Waals surface area contributed by atoms with Crippen molar-refractivity contribution in [1.82, 2.24) is 5.32 Å². The molecule has 1 aliphatic heterocycles. The maximum absolute atomic E-state index is 10.7. The third-order valence-electron chi connectivity index (χ3n) is 3.24. The first-order valence-corrected chi connectivity index (χ1v) is 6.65. The SMILES string of the molecule is COc1ccc(N2C(=S)NC(C)(C)CC2(C)O)cc1. The number of nitrogens with one attached hydrogen (secondary N) is 1. The molecule has 1 saturated heterocycles. The summed E-state index contributed by atoms with van der Waals surface area (Å²) in [6.07, 6.45) is 0.576. The number of benzene rings is 1. The molecular weight excluding hydrogens is 260 g/mol. The highest BCUT2D eigenvalue weighted by molar-refractivity contribution is 7.80. The summed E-state index contributed by atoms with van der Waals surface area (Å²) < 4.78 is 5.14. The monoisotopic (exact) mass is 280 g/mol. The van der Waals surface area contributed by atoms with Crippen molar-refractivity contribution >= 4 is 23.0 Å². The van der Waals surface area contributed by atoms with Gasteiger partial charge in [0.25, 0.3) is 0 Å². The van der Waals surface area contributed by atoms with E-state index in [-0.39, 0.29) is 5.54 Å². The van der Waals surface area contributed by atoms with E-state index in [4.69, 9.17) is 17.0 Å². The molecule has 1 unspecified atom stereocenters. The summed E-state index contributed by atoms with van der Waals surface area (Å²) >= 11 is 5.39. The van der Waals surface area contributed by atoms with Crippen molar-refractivity contribution in [2.75, 3.05) is 12.0 Å². The first-order valence-electron chi connectivity index (χ1n) is 6.24. The van der Waals surface area contributed by atoms with E-state index >= 15 is 0 Å². The third-order valence-corrected chi connectivity index (χ3v) is 3.52. The van der Waals surface area contributed by atoms with Crippen LogP contribution in [-0.4, -0.2) is 28.6 Å². The van der Waals surface area contributed by atoms with Crippen LogP contribution in [0.4, 0.5) is 5.69 Å². The van der Waals surface area contributed by atoms with Crippen molar-refractivity contribution in [1.29, 1.82) is 0 Å². The van der Waals surface area contributed by atoms with Gasteiger partial charge in [-0.05, 0) is 57.3 Å². The number of anilines is 1. The summed E-state index contributed by atoms with van der Waals surface area (Å²) in [5.41, 5.74) is -0.386. The zero-order chi connectivity index (χ0) is 14.3. The lowest BCUT2D eigenvalue weighted by molar-refractivity contribution is 0.0278. The van der Waals surface area contributed by atoms with Crippen LogP contribution in [0.2, 0.25) is 0 Å². The molecule has 1 aliphatic rings. The van der Waals surface area contributed by atoms with Crippen LogP contribution in [0.15, 0.2) is 24.3 Å². The molecule has 1 aromatic carbocycles. The highest BCUT2D eigenvalue weighted by Crippen LogP contribution is 2.34. The van der Waals surface area contributed by atoms with Crippen molar-refractivity contribution in [3.63, 3.8) is 0 Å². The van der Waals surface area contributed by atoms with Gasteiger partial charge in [-0.15, -0.1) is 0 Å². The highest BCUT2D eigenvalue weighted by atomic mass is 32.1. The number of nitrogens with zero attached hydrogens (tertiary/aromatic N) is 1. The Labute approximate surface area is 119 Å². The predicted octanol–water partition coefficient (Wildman–Crippen LogP) is 2.27. The highest BCUT2D eigenvalue weighted by Gasteiger charge is 2.43. The number of hydrogen-bond acceptors (Lipinski definition) is 3. The fourth-order valence-corrected chi connectivity index (χ4v) is 3.23. The van der Waals surface area contributed by atoms with Gasteiger partial charge in [0.1, 0.15) is 11.5 Å². The Morgan fingerprint density at radius 3 is 2.32 bits per heavy atom. The molecule has 2 rings (SSSR count). The second kappa shape index (κ2) is 4.65. The fraction of sp³-hybridized carbons (Fsp3) is 0.500. The molecule has 2 N–H and O–H groups in total. The van der Waals surface area contributed by atoms with Gasteiger partial charge in [-0.25, -0.2) is 0 Å². The number of methoxy groups -OCH3 is 1. The van der Waals surface area contributed by atoms with Gasteiger partial charge in [-0.2, -0.15) is 0 Å². The van der Waals surface area contributed by atoms with Gasteiger partial charge >= 0.3 is 0 Å². The first kappa shape index (κ1) is 14.1. The van der Waals surface area contributed by atoms with Gasteiger partial charge in [0.2, 0.25) is 0 Å². The number of thiocarbonyl (C=S) groups is 1. The Kier molecular flexibility index (Phi) is 3.45. The average molecular weight is 280 g/mol. The number of hydrogen-bond donors (Lipinski definition) is 2. The molecule has 19 heavy (non-hydrogen) atoms. The standard InChI is InChI=1S/C14H20N2O2S/c1-13(2)9-14(3,17)16(12(19)15-13)10-5-7-11(18-4)8-6-10/h5-8,17H,9H2,1-4H3,(H,15,19). The van der Waals surface area contributed by atoms with E-state index in [0.717, 1.165) is 11.4 Å². The van der Waals surface area contributed by atoms with Crippen LogP contribution in [0.5, 0.6) is 5.75 Å². The van der Waals surface area contributed by atoms with Crippen LogP contribution in [-0.2, 0) is 0 Å². The molecular formula is C14H20N2O2S. The lowest BCUT2D eigenvalue weighted by Crippen LogP contribution is -2.66. The minimum atomic E-state index is -1.01. The van der Waals surface area contributed by atoms with Crippen molar-refractivity contribution < 1.29 is 9.84 Å². The van der Waals surface area contributed by atoms with E-state index in [2.05, 4.69) is 5.32 Å². The smallest absolute Gasteiger partial charge is 0.176 e. The predicted molar refractivity (Wildman–Crippen MR) is 80.5 cm³/mol. The van der Waals surface area contributed by atoms with Gasteiger partial charge < -0.3 is 15.2 Å². The van der Waals surface area contributed by atoms with Crippen LogP contribution in [0, 0.1) is 0 Å². The van der Waals surface area contributed by atoms with E-state index in [9.17, 15) is 5.11 Å². The van der Waals surface area contributed by atoms with Gasteiger partial charge in [0, 0.05) is 17.6 Å². The Morgan fingerprint density at radius 2 is 1.84 bits per heavy atom. The maximum Gasteiger partial charge on any atom is 0.176 e. The molecule has 0 spiro atoms. The molecule has 0 saturated carbocycles. The van der Waals surface area contributed by atoms with Crippen molar-refractivity contribution in [3.05, 3.63) is 24.3 Å². The summed E-state index contributed by atoms with van der Waals surface area (Å²) in [5.74, 6) is 0.777. The van der Waals surface area contributed by atoms with Crippen LogP contribution < -0.4 is 15.0 Å². The molecule has 5 heteroatoms. The fourth-order valence-electron chi connectivity index (χ4n) is 2.65. The van der Waals surface area contributed by atoms with Crippen LogP contribution in [0.1, 0.15) is 27.2 Å². The summed E-state index contributed by atoms with van der Waals surface area (Å²) in [4.78, 5) is 1.74. The lowest BCUT2D eigenvalue weighted by Gasteiger charge is -2.49. The van der Waals surface area contributed by atoms with E-state index in [0.29, 0.717) is 11.5 Å². The third kappa shape index (κ3) is 2.82. The second-order valence-electron chi connectivity index (χ2n) is 5.74. The minimum Gasteiger partial charge on any atom is -0.497 e. The van der Waals surface area contributed by atoms with Crippen LogP contribution in [0.3, 0.4) is 0 Å². The second-order valence-corrected chi connectivity index (χ2v) is 6.13. The normalized spacial score (nSPS) is 25.9. The van der Waals surface area contributed by atoms with Crippen LogP contribution in [0.25, 0.3) is 0 Å². The molecule has 0 amide bonds. The van der Waals surface area contributed by atoms with E-state index in [1.807, 2.05) is 38.1 Å². The van der Waals surface area contributed by atoms with Crippen molar-refractivity contribution in [2.24, 2.45) is 0 Å². The molecule has 0 radical (unpaired) electrons. The minimum absolute atomic E-state index is 0.219. The van der Waals surface area contributed by atoms with E-state index < -0.39 is 5.72 Å². The molecule has 1 aromatic rings. The summed E-state index contributed by atoms with van der Waals surface area (Å²) in [6.45, 7) is 5.84. The van der Waals surface area contributed by atoms with Crippen molar-refractivity contribution in [2.45, 2.75) is 38.5 Å². The number of ether oxygens (including phenoxy) is 1. The molecule has 1 heterocycles. The molecule has 0 aliphatic carbocycles. The lowest BCUT2D eigenvalue weighted by atomic mass is 9.90. The number of aliphatic hydroxyl groups is 1. The summed E-state index contributed by atoms with van der Waals surface area (Å²) in [5, 5.41) is 14.5. The summed E-state index contributed by atoms with van der Waals surface area (Å²) in [7, 11) is 1.63. The quantitative estimate of drug-likeness (QED) is 0.814. The summed E-state index contributed by atoms with van der Waals surface area (Å²) in [6, 6.07) is 7.49. The molecule has 104 valence electrons. The average Bonchev–Trinajstić information content (AvgIpc) is 2.25. The largest absolute Gasteiger partial charge is 0.497 e. The van der Waals surface area contributed by atoms with E-state index in [1.165, 1.54) is 0 Å². The molecule has 1 atom stereocenters. The van der Waals surface area contributed by atoms with Crippen molar-refractivity contribution in [3.8, 4) is 5.75 Å². The van der Waals surface area contributed by atoms with Gasteiger partial charge in [-0.3, -0.25) is 4.90 Å². The van der Waals surface area contributed by atoms with E-state index in [1.54, 1.807) is 18.9 Å². The van der Waals surface area contributed by atoms with Gasteiger partial charge in [0.05, 0.1) is 7.11 Å². The zero-order valence-corrected chi connectivity index (χ0v) is 12.5. The molecule has 1 fully saturated rings. The van der Waals surface area contributed by atoms with Gasteiger partial charge in [-0.1, -0.05) is 0 Å². The maximum atomic E-state index is 10.7. The molecule has 0 aromatic heterocycles. The zero-order valence-electron chi connectivity index (χ0n) is 11.7. The Balaban J connectivity index is 2.34. The Hall–Kier alpha value is -1.33. The topological polar surface area (TPSA) is 44.7 Å². The molecule has 4 nitrogen and oxygen atoms in total. The van der Waals surface area contributed by atoms with Crippen LogP contribution >= 0.6 is 12.2 Å². The number of rotatable bonds is 2.